The number of hydrazine groups is 1. The lowest BCUT2D eigenvalue weighted by Gasteiger charge is -2.16. The topological polar surface area (TPSA) is 76.7 Å². The predicted octanol–water partition coefficient (Wildman–Crippen LogP) is 1.04. The molecule has 2 aromatic rings. The number of aryl methyl sites for hydroxylation is 2. The normalized spacial score (nSPS) is 12.4. The Labute approximate surface area is 100 Å². The van der Waals surface area contributed by atoms with Gasteiger partial charge in [-0.15, -0.1) is 0 Å². The van der Waals surface area contributed by atoms with Crippen LogP contribution in [0.2, 0.25) is 0 Å². The van der Waals surface area contributed by atoms with Crippen molar-refractivity contribution in [2.24, 2.45) is 5.84 Å². The third-order valence-electron chi connectivity index (χ3n) is 2.62. The molecule has 2 rings (SSSR count). The molecule has 0 spiro atoms. The van der Waals surface area contributed by atoms with Crippen LogP contribution in [-0.4, -0.2) is 15.0 Å². The first-order valence-corrected chi connectivity index (χ1v) is 5.37. The Morgan fingerprint density at radius 1 is 1.18 bits per heavy atom. The van der Waals surface area contributed by atoms with Crippen molar-refractivity contribution in [3.8, 4) is 0 Å². The minimum absolute atomic E-state index is 0.232. The van der Waals surface area contributed by atoms with Crippen molar-refractivity contribution in [3.05, 3.63) is 53.4 Å². The Kier molecular flexibility index (Phi) is 3.41. The molecule has 0 radical (unpaired) electrons. The maximum absolute atomic E-state index is 5.59. The zero-order chi connectivity index (χ0) is 12.3. The van der Waals surface area contributed by atoms with E-state index in [4.69, 9.17) is 5.84 Å². The summed E-state index contributed by atoms with van der Waals surface area (Å²) in [5.41, 5.74) is 5.84. The van der Waals surface area contributed by atoms with E-state index in [1.165, 1.54) is 0 Å². The maximum Gasteiger partial charge on any atom is 0.150 e. The van der Waals surface area contributed by atoms with Crippen molar-refractivity contribution in [1.29, 1.82) is 0 Å². The summed E-state index contributed by atoms with van der Waals surface area (Å²) in [5, 5.41) is 0. The molecule has 0 saturated carbocycles. The molecule has 0 aliphatic carbocycles. The van der Waals surface area contributed by atoms with Crippen molar-refractivity contribution in [1.82, 2.24) is 20.4 Å². The van der Waals surface area contributed by atoms with Crippen molar-refractivity contribution >= 4 is 0 Å². The van der Waals surface area contributed by atoms with Crippen LogP contribution in [0.4, 0.5) is 0 Å². The fourth-order valence-corrected chi connectivity index (χ4v) is 1.63. The summed E-state index contributed by atoms with van der Waals surface area (Å²) in [7, 11) is 0. The Morgan fingerprint density at radius 3 is 2.47 bits per heavy atom. The van der Waals surface area contributed by atoms with E-state index >= 15 is 0 Å². The lowest BCUT2D eigenvalue weighted by atomic mass is 10.0. The summed E-state index contributed by atoms with van der Waals surface area (Å²) in [6.45, 7) is 3.96. The van der Waals surface area contributed by atoms with E-state index in [1.54, 1.807) is 24.8 Å². The Bertz CT molecular complexity index is 495. The third kappa shape index (κ3) is 2.46. The minimum Gasteiger partial charge on any atom is -0.270 e. The van der Waals surface area contributed by atoms with E-state index in [0.29, 0.717) is 5.82 Å². The molecule has 0 aliphatic heterocycles. The van der Waals surface area contributed by atoms with Crippen LogP contribution in [0, 0.1) is 13.8 Å². The molecule has 0 aromatic carbocycles. The van der Waals surface area contributed by atoms with Gasteiger partial charge in [0.25, 0.3) is 0 Å². The van der Waals surface area contributed by atoms with Gasteiger partial charge in [-0.1, -0.05) is 0 Å². The first kappa shape index (κ1) is 11.6. The SMILES string of the molecule is Cc1cnc(C(NN)c2cnccc2C)nc1. The molecule has 0 aliphatic rings. The van der Waals surface area contributed by atoms with E-state index in [0.717, 1.165) is 16.7 Å². The number of hydrogen-bond acceptors (Lipinski definition) is 5. The van der Waals surface area contributed by atoms with Crippen LogP contribution in [0.25, 0.3) is 0 Å². The molecule has 0 amide bonds. The standard InChI is InChI=1S/C12H15N5/c1-8-5-15-12(16-6-8)11(17-13)10-7-14-4-3-9(10)2/h3-7,11,17H,13H2,1-2H3. The van der Waals surface area contributed by atoms with Gasteiger partial charge < -0.3 is 0 Å². The highest BCUT2D eigenvalue weighted by atomic mass is 15.2. The minimum atomic E-state index is -0.232. The number of rotatable bonds is 3. The van der Waals surface area contributed by atoms with Gasteiger partial charge >= 0.3 is 0 Å². The lowest BCUT2D eigenvalue weighted by Crippen LogP contribution is -2.30. The van der Waals surface area contributed by atoms with Crippen molar-refractivity contribution < 1.29 is 0 Å². The third-order valence-corrected chi connectivity index (χ3v) is 2.62. The molecule has 5 nitrogen and oxygen atoms in total. The smallest absolute Gasteiger partial charge is 0.150 e. The predicted molar refractivity (Wildman–Crippen MR) is 64.9 cm³/mol. The molecule has 5 heteroatoms. The van der Waals surface area contributed by atoms with Crippen LogP contribution in [0.5, 0.6) is 0 Å². The second-order valence-electron chi connectivity index (χ2n) is 3.95. The zero-order valence-corrected chi connectivity index (χ0v) is 9.88. The molecule has 0 bridgehead atoms. The number of pyridine rings is 1. The van der Waals surface area contributed by atoms with Gasteiger partial charge in [0.2, 0.25) is 0 Å². The first-order chi connectivity index (χ1) is 8.22. The van der Waals surface area contributed by atoms with E-state index < -0.39 is 0 Å². The van der Waals surface area contributed by atoms with Gasteiger partial charge in [-0.05, 0) is 36.6 Å². The fourth-order valence-electron chi connectivity index (χ4n) is 1.63. The highest BCUT2D eigenvalue weighted by Crippen LogP contribution is 2.20. The van der Waals surface area contributed by atoms with Gasteiger partial charge in [-0.2, -0.15) is 0 Å². The Hall–Kier alpha value is -1.85. The number of nitrogens with one attached hydrogen (secondary N) is 1. The van der Waals surface area contributed by atoms with Crippen molar-refractivity contribution in [3.63, 3.8) is 0 Å². The molecule has 1 unspecified atom stereocenters. The van der Waals surface area contributed by atoms with Crippen LogP contribution in [0.1, 0.15) is 28.6 Å². The molecule has 88 valence electrons. The van der Waals surface area contributed by atoms with Crippen LogP contribution >= 0.6 is 0 Å². The molecule has 1 atom stereocenters. The summed E-state index contributed by atoms with van der Waals surface area (Å²) in [5.74, 6) is 6.23. The average molecular weight is 229 g/mol. The first-order valence-electron chi connectivity index (χ1n) is 5.37. The highest BCUT2D eigenvalue weighted by Gasteiger charge is 2.17. The molecule has 0 saturated heterocycles. The quantitative estimate of drug-likeness (QED) is 0.607. The largest absolute Gasteiger partial charge is 0.270 e. The van der Waals surface area contributed by atoms with Crippen LogP contribution < -0.4 is 11.3 Å². The molecule has 2 aromatic heterocycles. The highest BCUT2D eigenvalue weighted by molar-refractivity contribution is 5.29. The van der Waals surface area contributed by atoms with E-state index in [1.807, 2.05) is 19.9 Å². The second kappa shape index (κ2) is 4.99. The second-order valence-corrected chi connectivity index (χ2v) is 3.95. The van der Waals surface area contributed by atoms with Gasteiger partial charge in [0.05, 0.1) is 0 Å². The van der Waals surface area contributed by atoms with E-state index in [2.05, 4.69) is 20.4 Å². The molecular formula is C12H15N5. The molecule has 2 heterocycles. The molecule has 0 fully saturated rings. The van der Waals surface area contributed by atoms with Gasteiger partial charge in [-0.25, -0.2) is 15.4 Å². The van der Waals surface area contributed by atoms with Gasteiger partial charge in [-0.3, -0.25) is 10.8 Å². The average Bonchev–Trinajstić information content (AvgIpc) is 2.35. The number of nitrogens with zero attached hydrogens (tertiary/aromatic N) is 3. The summed E-state index contributed by atoms with van der Waals surface area (Å²) in [6, 6.07) is 1.71. The van der Waals surface area contributed by atoms with Gasteiger partial charge in [0.1, 0.15) is 6.04 Å². The molecule has 3 N–H and O–H groups in total. The lowest BCUT2D eigenvalue weighted by molar-refractivity contribution is 0.596. The van der Waals surface area contributed by atoms with Gasteiger partial charge in [0, 0.05) is 24.8 Å². The summed E-state index contributed by atoms with van der Waals surface area (Å²) in [4.78, 5) is 12.7. The maximum atomic E-state index is 5.59. The van der Waals surface area contributed by atoms with Crippen LogP contribution in [0.3, 0.4) is 0 Å². The summed E-state index contributed by atoms with van der Waals surface area (Å²) in [6.07, 6.45) is 7.09. The zero-order valence-electron chi connectivity index (χ0n) is 9.88. The number of aromatic nitrogens is 3. The van der Waals surface area contributed by atoms with E-state index in [9.17, 15) is 0 Å². The summed E-state index contributed by atoms with van der Waals surface area (Å²) < 4.78 is 0. The summed E-state index contributed by atoms with van der Waals surface area (Å²) >= 11 is 0. The van der Waals surface area contributed by atoms with Crippen LogP contribution in [-0.2, 0) is 0 Å². The van der Waals surface area contributed by atoms with Crippen molar-refractivity contribution in [2.45, 2.75) is 19.9 Å². The molecular weight excluding hydrogens is 214 g/mol. The Balaban J connectivity index is 2.40. The molecule has 17 heavy (non-hydrogen) atoms. The Morgan fingerprint density at radius 2 is 1.88 bits per heavy atom. The van der Waals surface area contributed by atoms with Crippen LogP contribution in [0.15, 0.2) is 30.9 Å². The number of nitrogens with two attached hydrogens (primary N) is 1. The monoisotopic (exact) mass is 229 g/mol. The fraction of sp³-hybridized carbons (Fsp3) is 0.250. The van der Waals surface area contributed by atoms with Crippen molar-refractivity contribution in [2.75, 3.05) is 0 Å². The van der Waals surface area contributed by atoms with Gasteiger partial charge in [0.15, 0.2) is 5.82 Å². The van der Waals surface area contributed by atoms with E-state index in [-0.39, 0.29) is 6.04 Å². The number of hydrogen-bond donors (Lipinski definition) is 2.